The molecule has 0 bridgehead atoms. The fraction of sp³-hybridized carbons (Fsp3) is 0.250. The summed E-state index contributed by atoms with van der Waals surface area (Å²) < 4.78 is 5.87. The van der Waals surface area contributed by atoms with E-state index in [2.05, 4.69) is 56.3 Å². The largest absolute Gasteiger partial charge is 0.489 e. The summed E-state index contributed by atoms with van der Waals surface area (Å²) in [5.41, 5.74) is 12.5. The molecule has 1 unspecified atom stereocenters. The van der Waals surface area contributed by atoms with Crippen molar-refractivity contribution in [3.05, 3.63) is 101 Å². The molecule has 0 saturated heterocycles. The van der Waals surface area contributed by atoms with Crippen molar-refractivity contribution < 1.29 is 4.74 Å². The molecule has 0 saturated carbocycles. The van der Waals surface area contributed by atoms with E-state index in [9.17, 15) is 0 Å². The molecule has 0 amide bonds. The Bertz CT molecular complexity index is 825. The molecule has 3 aromatic carbocycles. The van der Waals surface area contributed by atoms with E-state index in [1.54, 1.807) is 0 Å². The molecule has 0 heterocycles. The van der Waals surface area contributed by atoms with Crippen molar-refractivity contribution in [2.45, 2.75) is 32.8 Å². The van der Waals surface area contributed by atoms with Crippen LogP contribution in [0.3, 0.4) is 0 Å². The first-order valence-electron chi connectivity index (χ1n) is 9.18. The number of benzene rings is 3. The van der Waals surface area contributed by atoms with Crippen LogP contribution in [0, 0.1) is 13.8 Å². The van der Waals surface area contributed by atoms with Crippen molar-refractivity contribution in [1.29, 1.82) is 0 Å². The van der Waals surface area contributed by atoms with Gasteiger partial charge in [0, 0.05) is 5.92 Å². The molecule has 2 N–H and O–H groups in total. The Morgan fingerprint density at radius 3 is 2.23 bits per heavy atom. The topological polar surface area (TPSA) is 35.2 Å². The van der Waals surface area contributed by atoms with Crippen molar-refractivity contribution >= 4 is 0 Å². The van der Waals surface area contributed by atoms with E-state index in [-0.39, 0.29) is 0 Å². The Hall–Kier alpha value is -2.58. The van der Waals surface area contributed by atoms with E-state index in [0.29, 0.717) is 19.1 Å². The Kier molecular flexibility index (Phi) is 6.08. The summed E-state index contributed by atoms with van der Waals surface area (Å²) in [6.45, 7) is 5.54. The van der Waals surface area contributed by atoms with Gasteiger partial charge in [0.1, 0.15) is 12.4 Å². The minimum atomic E-state index is 0.340. The maximum absolute atomic E-state index is 6.08. The highest BCUT2D eigenvalue weighted by Gasteiger charge is 2.13. The van der Waals surface area contributed by atoms with Crippen molar-refractivity contribution in [2.24, 2.45) is 5.73 Å². The second-order valence-corrected chi connectivity index (χ2v) is 6.92. The first kappa shape index (κ1) is 18.2. The Balaban J connectivity index is 1.64. The lowest BCUT2D eigenvalue weighted by atomic mass is 9.88. The van der Waals surface area contributed by atoms with Crippen molar-refractivity contribution in [3.8, 4) is 5.75 Å². The molecule has 0 radical (unpaired) electrons. The lowest BCUT2D eigenvalue weighted by Gasteiger charge is -2.18. The first-order chi connectivity index (χ1) is 12.7. The number of nitrogens with two attached hydrogens (primary N) is 1. The molecule has 0 aliphatic carbocycles. The van der Waals surface area contributed by atoms with Gasteiger partial charge in [-0.3, -0.25) is 0 Å². The van der Waals surface area contributed by atoms with Crippen LogP contribution in [0.1, 0.15) is 33.7 Å². The number of hydrogen-bond donors (Lipinski definition) is 1. The van der Waals surface area contributed by atoms with Crippen LogP contribution in [0.15, 0.2) is 72.8 Å². The van der Waals surface area contributed by atoms with Crippen LogP contribution in [0.5, 0.6) is 5.75 Å². The van der Waals surface area contributed by atoms with Gasteiger partial charge in [-0.1, -0.05) is 66.2 Å². The predicted octanol–water partition coefficient (Wildman–Crippen LogP) is 5.17. The summed E-state index contributed by atoms with van der Waals surface area (Å²) >= 11 is 0. The lowest BCUT2D eigenvalue weighted by molar-refractivity contribution is 0.306. The number of ether oxygens (including phenoxy) is 1. The zero-order valence-corrected chi connectivity index (χ0v) is 15.6. The zero-order valence-electron chi connectivity index (χ0n) is 15.6. The molecule has 134 valence electrons. The molecule has 0 aliphatic heterocycles. The standard InChI is InChI=1S/C24H27NO/c1-18-8-13-24(19(2)14-18)22(16-25)15-20-9-11-23(12-10-20)26-17-21-6-4-3-5-7-21/h3-14,22H,15-17,25H2,1-2H3. The van der Waals surface area contributed by atoms with E-state index < -0.39 is 0 Å². The third-order valence-corrected chi connectivity index (χ3v) is 4.80. The molecule has 2 heteroatoms. The highest BCUT2D eigenvalue weighted by atomic mass is 16.5. The second-order valence-electron chi connectivity index (χ2n) is 6.92. The van der Waals surface area contributed by atoms with Gasteiger partial charge in [0.15, 0.2) is 0 Å². The quantitative estimate of drug-likeness (QED) is 0.641. The number of hydrogen-bond acceptors (Lipinski definition) is 2. The van der Waals surface area contributed by atoms with Crippen LogP contribution < -0.4 is 10.5 Å². The van der Waals surface area contributed by atoms with E-state index in [4.69, 9.17) is 10.5 Å². The summed E-state index contributed by atoms with van der Waals surface area (Å²) in [6, 6.07) is 25.2. The Labute approximate surface area is 156 Å². The monoisotopic (exact) mass is 345 g/mol. The van der Waals surface area contributed by atoms with Gasteiger partial charge >= 0.3 is 0 Å². The molecule has 0 aliphatic rings. The van der Waals surface area contributed by atoms with Crippen LogP contribution in [-0.2, 0) is 13.0 Å². The fourth-order valence-electron chi connectivity index (χ4n) is 3.35. The van der Waals surface area contributed by atoms with Crippen molar-refractivity contribution in [1.82, 2.24) is 0 Å². The molecule has 1 atom stereocenters. The van der Waals surface area contributed by atoms with Crippen LogP contribution in [-0.4, -0.2) is 6.54 Å². The summed E-state index contributed by atoms with van der Waals surface area (Å²) in [5, 5.41) is 0. The van der Waals surface area contributed by atoms with Gasteiger partial charge in [0.25, 0.3) is 0 Å². The van der Waals surface area contributed by atoms with E-state index in [1.165, 1.54) is 27.8 Å². The SMILES string of the molecule is Cc1ccc(C(CN)Cc2ccc(OCc3ccccc3)cc2)c(C)c1. The average molecular weight is 345 g/mol. The van der Waals surface area contributed by atoms with E-state index >= 15 is 0 Å². The zero-order chi connectivity index (χ0) is 18.4. The van der Waals surface area contributed by atoms with Crippen LogP contribution in [0.25, 0.3) is 0 Å². The molecule has 26 heavy (non-hydrogen) atoms. The predicted molar refractivity (Wildman–Crippen MR) is 109 cm³/mol. The third kappa shape index (κ3) is 4.74. The molecular formula is C24H27NO. The van der Waals surface area contributed by atoms with Gasteiger partial charge in [-0.2, -0.15) is 0 Å². The summed E-state index contributed by atoms with van der Waals surface area (Å²) in [5.74, 6) is 1.24. The normalized spacial score (nSPS) is 12.0. The Morgan fingerprint density at radius 2 is 1.58 bits per heavy atom. The minimum Gasteiger partial charge on any atom is -0.489 e. The summed E-state index contributed by atoms with van der Waals surface area (Å²) in [7, 11) is 0. The molecule has 0 fully saturated rings. The highest BCUT2D eigenvalue weighted by Crippen LogP contribution is 2.25. The van der Waals surface area contributed by atoms with Crippen LogP contribution in [0.2, 0.25) is 0 Å². The maximum Gasteiger partial charge on any atom is 0.119 e. The fourth-order valence-corrected chi connectivity index (χ4v) is 3.35. The molecule has 0 spiro atoms. The van der Waals surface area contributed by atoms with Crippen LogP contribution >= 0.6 is 0 Å². The first-order valence-corrected chi connectivity index (χ1v) is 9.18. The minimum absolute atomic E-state index is 0.340. The van der Waals surface area contributed by atoms with Gasteiger partial charge in [0.05, 0.1) is 0 Å². The van der Waals surface area contributed by atoms with Gasteiger partial charge in [-0.05, 0) is 61.2 Å². The van der Waals surface area contributed by atoms with Gasteiger partial charge in [-0.15, -0.1) is 0 Å². The average Bonchev–Trinajstić information content (AvgIpc) is 2.67. The Morgan fingerprint density at radius 1 is 0.846 bits per heavy atom. The van der Waals surface area contributed by atoms with Gasteiger partial charge in [0.2, 0.25) is 0 Å². The van der Waals surface area contributed by atoms with Crippen LogP contribution in [0.4, 0.5) is 0 Å². The lowest BCUT2D eigenvalue weighted by Crippen LogP contribution is -2.16. The summed E-state index contributed by atoms with van der Waals surface area (Å²) in [6.07, 6.45) is 0.944. The number of rotatable bonds is 7. The summed E-state index contributed by atoms with van der Waals surface area (Å²) in [4.78, 5) is 0. The molecular weight excluding hydrogens is 318 g/mol. The smallest absolute Gasteiger partial charge is 0.119 e. The second kappa shape index (κ2) is 8.68. The van der Waals surface area contributed by atoms with E-state index in [0.717, 1.165) is 12.2 Å². The molecule has 3 rings (SSSR count). The maximum atomic E-state index is 6.08. The van der Waals surface area contributed by atoms with Crippen molar-refractivity contribution in [3.63, 3.8) is 0 Å². The molecule has 2 nitrogen and oxygen atoms in total. The number of aryl methyl sites for hydroxylation is 2. The molecule has 0 aromatic heterocycles. The molecule has 3 aromatic rings. The van der Waals surface area contributed by atoms with Gasteiger partial charge in [-0.25, -0.2) is 0 Å². The van der Waals surface area contributed by atoms with E-state index in [1.807, 2.05) is 30.3 Å². The van der Waals surface area contributed by atoms with Gasteiger partial charge < -0.3 is 10.5 Å². The van der Waals surface area contributed by atoms with Crippen molar-refractivity contribution in [2.75, 3.05) is 6.54 Å². The third-order valence-electron chi connectivity index (χ3n) is 4.80. The highest BCUT2D eigenvalue weighted by molar-refractivity contribution is 5.35.